The molecule has 0 saturated carbocycles. The predicted molar refractivity (Wildman–Crippen MR) is 192 cm³/mol. The second-order valence-electron chi connectivity index (χ2n) is 14.7. The zero-order valence-electron chi connectivity index (χ0n) is 29.5. The summed E-state index contributed by atoms with van der Waals surface area (Å²) in [6, 6.07) is 18.0. The minimum absolute atomic E-state index is 0.00725. The maximum atomic E-state index is 12.9. The van der Waals surface area contributed by atoms with Crippen molar-refractivity contribution in [2.45, 2.75) is 59.4 Å². The number of likely N-dealkylation sites (tertiary alicyclic amines) is 2. The van der Waals surface area contributed by atoms with Crippen LogP contribution in [-0.2, 0) is 29.2 Å². The van der Waals surface area contributed by atoms with E-state index < -0.39 is 11.4 Å². The Hall–Kier alpha value is -5.35. The Morgan fingerprint density at radius 2 is 1.65 bits per heavy atom. The highest BCUT2D eigenvalue weighted by atomic mass is 16.4. The van der Waals surface area contributed by atoms with Gasteiger partial charge >= 0.3 is 5.97 Å². The maximum absolute atomic E-state index is 12.9. The van der Waals surface area contributed by atoms with Gasteiger partial charge in [-0.25, -0.2) is 9.97 Å². The highest BCUT2D eigenvalue weighted by molar-refractivity contribution is 5.85. The number of nitrogens with zero attached hydrogens (tertiary/aromatic N) is 6. The molecule has 3 aliphatic rings. The van der Waals surface area contributed by atoms with E-state index >= 15 is 0 Å². The minimum Gasteiger partial charge on any atom is -0.481 e. The first-order valence-corrected chi connectivity index (χ1v) is 17.7. The molecular formula is C40H40N6O6. The fraction of sp³-hybridized carbons (Fsp3) is 0.375. The van der Waals surface area contributed by atoms with E-state index in [1.165, 1.54) is 0 Å². The smallest absolute Gasteiger partial charge is 0.310 e. The number of carbonyl (C=O) groups is 2. The summed E-state index contributed by atoms with van der Waals surface area (Å²) in [6.45, 7) is 9.80. The van der Waals surface area contributed by atoms with Gasteiger partial charge in [-0.15, -0.1) is 0 Å². The van der Waals surface area contributed by atoms with E-state index in [9.17, 15) is 25.1 Å². The molecule has 52 heavy (non-hydrogen) atoms. The van der Waals surface area contributed by atoms with Gasteiger partial charge in [0.2, 0.25) is 17.7 Å². The van der Waals surface area contributed by atoms with Gasteiger partial charge < -0.3 is 23.9 Å². The molecule has 0 aliphatic carbocycles. The number of carboxylic acids is 1. The van der Waals surface area contributed by atoms with Crippen LogP contribution in [0.5, 0.6) is 0 Å². The van der Waals surface area contributed by atoms with Crippen molar-refractivity contribution in [2.24, 2.45) is 5.41 Å². The molecule has 266 valence electrons. The molecule has 0 bridgehead atoms. The van der Waals surface area contributed by atoms with Crippen molar-refractivity contribution < 1.29 is 28.6 Å². The standard InChI is InChI=1S/C40H40N6O6/c1-23-28(6-4-8-30(23)37-43-33-19-46(20-34(33)51-37)35(48)21-44-12-10-27(47)18-44)29-7-5-9-31(24(29)2)38-42-32-15-25(14-26(16-41)36(32)52-38)17-45-13-11-40(3,22-45)39(49)50/h4-9,14-15,27,47H,10-13,17-22H2,1-3H3,(H,49,50). The highest BCUT2D eigenvalue weighted by Gasteiger charge is 2.40. The summed E-state index contributed by atoms with van der Waals surface area (Å²) in [5.74, 6) is 0.853. The number of aliphatic carboxylic acids is 1. The van der Waals surface area contributed by atoms with Crippen LogP contribution in [-0.4, -0.2) is 85.6 Å². The third-order valence-electron chi connectivity index (χ3n) is 11.0. The van der Waals surface area contributed by atoms with Crippen LogP contribution in [0.1, 0.15) is 53.5 Å². The largest absolute Gasteiger partial charge is 0.481 e. The van der Waals surface area contributed by atoms with E-state index in [4.69, 9.17) is 18.8 Å². The van der Waals surface area contributed by atoms with Gasteiger partial charge in [-0.05, 0) is 92.2 Å². The van der Waals surface area contributed by atoms with E-state index in [0.717, 1.165) is 51.2 Å². The number of aliphatic hydroxyl groups excluding tert-OH is 1. The SMILES string of the molecule is Cc1c(-c2nc3c(o2)CN(C(=O)CN2CCC(O)C2)C3)cccc1-c1cccc(-c2nc3cc(CN4CCC(C)(C(=O)O)C4)cc(C#N)c3o2)c1C. The molecule has 0 radical (unpaired) electrons. The van der Waals surface area contributed by atoms with E-state index in [0.29, 0.717) is 86.3 Å². The quantitative estimate of drug-likeness (QED) is 0.210. The van der Waals surface area contributed by atoms with Crippen LogP contribution in [0.3, 0.4) is 0 Å². The second-order valence-corrected chi connectivity index (χ2v) is 14.7. The van der Waals surface area contributed by atoms with Crippen LogP contribution in [0.15, 0.2) is 57.4 Å². The van der Waals surface area contributed by atoms with E-state index in [-0.39, 0.29) is 18.6 Å². The highest BCUT2D eigenvalue weighted by Crippen LogP contribution is 2.39. The number of nitriles is 1. The van der Waals surface area contributed by atoms with Crippen molar-refractivity contribution in [1.29, 1.82) is 5.26 Å². The number of β-amino-alcohol motifs (C(OH)–C–C–N with tert-alkyl or cyclic N) is 1. The molecule has 2 saturated heterocycles. The van der Waals surface area contributed by atoms with Crippen LogP contribution in [0.25, 0.3) is 45.1 Å². The van der Waals surface area contributed by atoms with E-state index in [2.05, 4.69) is 23.1 Å². The molecule has 3 aliphatic heterocycles. The summed E-state index contributed by atoms with van der Waals surface area (Å²) in [4.78, 5) is 40.2. The zero-order valence-corrected chi connectivity index (χ0v) is 29.5. The van der Waals surface area contributed by atoms with Gasteiger partial charge in [0.15, 0.2) is 5.58 Å². The van der Waals surface area contributed by atoms with Crippen LogP contribution in [0.4, 0.5) is 0 Å². The Morgan fingerprint density at radius 1 is 0.962 bits per heavy atom. The molecule has 12 heteroatoms. The van der Waals surface area contributed by atoms with Crippen molar-refractivity contribution in [3.05, 3.63) is 82.2 Å². The molecule has 2 aromatic heterocycles. The van der Waals surface area contributed by atoms with Gasteiger partial charge in [0.05, 0.1) is 36.7 Å². The number of hydrogen-bond donors (Lipinski definition) is 2. The first kappa shape index (κ1) is 33.8. The Morgan fingerprint density at radius 3 is 2.27 bits per heavy atom. The van der Waals surface area contributed by atoms with E-state index in [1.807, 2.05) is 49.1 Å². The number of carbonyl (C=O) groups excluding carboxylic acids is 1. The van der Waals surface area contributed by atoms with E-state index in [1.54, 1.807) is 17.9 Å². The van der Waals surface area contributed by atoms with Crippen LogP contribution < -0.4 is 0 Å². The zero-order chi connectivity index (χ0) is 36.3. The Kier molecular flexibility index (Phi) is 8.45. The number of benzene rings is 3. The first-order valence-electron chi connectivity index (χ1n) is 17.7. The van der Waals surface area contributed by atoms with Gasteiger partial charge in [-0.1, -0.05) is 24.3 Å². The van der Waals surface area contributed by atoms with Crippen LogP contribution in [0.2, 0.25) is 0 Å². The molecule has 2 N–H and O–H groups in total. The fourth-order valence-electron chi connectivity index (χ4n) is 7.90. The summed E-state index contributed by atoms with van der Waals surface area (Å²) in [7, 11) is 0. The molecule has 12 nitrogen and oxygen atoms in total. The van der Waals surface area contributed by atoms with Gasteiger partial charge in [-0.2, -0.15) is 5.26 Å². The number of oxazole rings is 2. The monoisotopic (exact) mass is 700 g/mol. The summed E-state index contributed by atoms with van der Waals surface area (Å²) in [6.07, 6.45) is 0.909. The molecule has 2 unspecified atom stereocenters. The molecule has 8 rings (SSSR count). The lowest BCUT2D eigenvalue weighted by atomic mass is 9.90. The summed E-state index contributed by atoms with van der Waals surface area (Å²) in [5, 5.41) is 29.5. The number of hydrogen-bond acceptors (Lipinski definition) is 10. The lowest BCUT2D eigenvalue weighted by molar-refractivity contribution is -0.147. The van der Waals surface area contributed by atoms with Crippen molar-refractivity contribution in [1.82, 2.24) is 24.7 Å². The minimum atomic E-state index is -0.790. The topological polar surface area (TPSA) is 160 Å². The normalized spacial score (nSPS) is 20.5. The average Bonchev–Trinajstić information content (AvgIpc) is 3.95. The third-order valence-corrected chi connectivity index (χ3v) is 11.0. The molecule has 1 amide bonds. The summed E-state index contributed by atoms with van der Waals surface area (Å²) < 4.78 is 12.5. The predicted octanol–water partition coefficient (Wildman–Crippen LogP) is 5.51. The second kappa shape index (κ2) is 13.0. The number of rotatable bonds is 8. The van der Waals surface area contributed by atoms with Crippen LogP contribution >= 0.6 is 0 Å². The molecular weight excluding hydrogens is 660 g/mol. The molecule has 2 fully saturated rings. The first-order chi connectivity index (χ1) is 25.0. The lowest BCUT2D eigenvalue weighted by Crippen LogP contribution is -2.37. The number of carboxylic acid groups (broad SMARTS) is 1. The van der Waals surface area contributed by atoms with Gasteiger partial charge in [0.25, 0.3) is 0 Å². The average molecular weight is 701 g/mol. The summed E-state index contributed by atoms with van der Waals surface area (Å²) in [5.41, 5.74) is 7.92. The maximum Gasteiger partial charge on any atom is 0.310 e. The molecule has 5 heterocycles. The lowest BCUT2D eigenvalue weighted by Gasteiger charge is -2.20. The number of amides is 1. The number of fused-ring (bicyclic) bond motifs is 2. The van der Waals surface area contributed by atoms with Crippen molar-refractivity contribution in [3.63, 3.8) is 0 Å². The molecule has 0 spiro atoms. The number of aliphatic hydroxyl groups is 1. The van der Waals surface area contributed by atoms with Crippen molar-refractivity contribution >= 4 is 23.0 Å². The Bertz CT molecular complexity index is 2260. The Labute approximate surface area is 300 Å². The van der Waals surface area contributed by atoms with Crippen molar-refractivity contribution in [2.75, 3.05) is 32.7 Å². The molecule has 3 aromatic carbocycles. The fourth-order valence-corrected chi connectivity index (χ4v) is 7.90. The number of aromatic nitrogens is 2. The molecule has 5 aromatic rings. The van der Waals surface area contributed by atoms with Crippen LogP contribution in [0, 0.1) is 30.6 Å². The van der Waals surface area contributed by atoms with Gasteiger partial charge in [0, 0.05) is 37.3 Å². The molecule has 2 atom stereocenters. The summed E-state index contributed by atoms with van der Waals surface area (Å²) >= 11 is 0. The van der Waals surface area contributed by atoms with Crippen molar-refractivity contribution in [3.8, 4) is 40.1 Å². The van der Waals surface area contributed by atoms with Gasteiger partial charge in [0.1, 0.15) is 23.0 Å². The Balaban J connectivity index is 1.04. The van der Waals surface area contributed by atoms with Gasteiger partial charge in [-0.3, -0.25) is 19.4 Å². The third kappa shape index (κ3) is 6.04.